The summed E-state index contributed by atoms with van der Waals surface area (Å²) in [7, 11) is 0. The lowest BCUT2D eigenvalue weighted by Gasteiger charge is -2.13. The largest absolute Gasteiger partial charge is 0.323 e. The monoisotopic (exact) mass is 304 g/mol. The fourth-order valence-corrected chi connectivity index (χ4v) is 2.55. The Morgan fingerprint density at radius 3 is 2.13 bits per heavy atom. The highest BCUT2D eigenvalue weighted by molar-refractivity contribution is 6.06. The number of nitrogens with zero attached hydrogens (tertiary/aromatic N) is 2. The Morgan fingerprint density at radius 1 is 1.00 bits per heavy atom. The van der Waals surface area contributed by atoms with Gasteiger partial charge in [-0.25, -0.2) is 5.10 Å². The second-order valence-electron chi connectivity index (χ2n) is 5.10. The molecule has 5 nitrogen and oxygen atoms in total. The molecule has 0 fully saturated rings. The van der Waals surface area contributed by atoms with Gasteiger partial charge in [0, 0.05) is 11.1 Å². The summed E-state index contributed by atoms with van der Waals surface area (Å²) in [5, 5.41) is 10.5. The van der Waals surface area contributed by atoms with Gasteiger partial charge in [0.05, 0.1) is 17.0 Å². The van der Waals surface area contributed by atoms with Crippen LogP contribution in [0.2, 0.25) is 0 Å². The van der Waals surface area contributed by atoms with Crippen LogP contribution in [0.25, 0.3) is 22.4 Å². The van der Waals surface area contributed by atoms with Crippen LogP contribution in [0.5, 0.6) is 0 Å². The highest BCUT2D eigenvalue weighted by atomic mass is 16.1. The molecule has 3 N–H and O–H groups in total. The molecule has 1 aromatic heterocycles. The Kier molecular flexibility index (Phi) is 4.01. The molecule has 1 heterocycles. The summed E-state index contributed by atoms with van der Waals surface area (Å²) in [5.41, 5.74) is 3.81. The van der Waals surface area contributed by atoms with E-state index < -0.39 is 0 Å². The summed E-state index contributed by atoms with van der Waals surface area (Å²) in [4.78, 5) is 12.3. The van der Waals surface area contributed by atoms with Crippen LogP contribution in [-0.2, 0) is 0 Å². The molecular formula is C18H16N4O. The molecule has 0 atom stereocenters. The van der Waals surface area contributed by atoms with E-state index in [1.807, 2.05) is 60.7 Å². The van der Waals surface area contributed by atoms with Crippen molar-refractivity contribution >= 4 is 5.71 Å². The molecule has 0 saturated heterocycles. The first kappa shape index (κ1) is 14.7. The van der Waals surface area contributed by atoms with Crippen LogP contribution >= 0.6 is 0 Å². The quantitative estimate of drug-likeness (QED) is 0.443. The minimum atomic E-state index is -0.310. The molecule has 0 saturated carbocycles. The van der Waals surface area contributed by atoms with Crippen molar-refractivity contribution in [1.29, 1.82) is 0 Å². The van der Waals surface area contributed by atoms with Crippen LogP contribution in [0.4, 0.5) is 0 Å². The second kappa shape index (κ2) is 6.27. The molecule has 3 rings (SSSR count). The van der Waals surface area contributed by atoms with Crippen molar-refractivity contribution in [2.45, 2.75) is 6.92 Å². The molecule has 0 aliphatic heterocycles. The van der Waals surface area contributed by atoms with Crippen molar-refractivity contribution in [3.63, 3.8) is 0 Å². The molecule has 5 heteroatoms. The predicted octanol–water partition coefficient (Wildman–Crippen LogP) is 2.79. The van der Waals surface area contributed by atoms with E-state index in [1.165, 1.54) is 0 Å². The van der Waals surface area contributed by atoms with Gasteiger partial charge < -0.3 is 5.84 Å². The number of nitrogens with one attached hydrogen (secondary N) is 1. The molecule has 0 spiro atoms. The number of hydrazone groups is 1. The second-order valence-corrected chi connectivity index (χ2v) is 5.10. The van der Waals surface area contributed by atoms with Gasteiger partial charge in [0.15, 0.2) is 0 Å². The topological polar surface area (TPSA) is 84.1 Å². The van der Waals surface area contributed by atoms with E-state index in [9.17, 15) is 4.79 Å². The van der Waals surface area contributed by atoms with Gasteiger partial charge in [-0.05, 0) is 12.5 Å². The first-order valence-corrected chi connectivity index (χ1v) is 7.20. The zero-order valence-corrected chi connectivity index (χ0v) is 12.7. The Labute approximate surface area is 133 Å². The number of H-pyrrole nitrogens is 1. The standard InChI is InChI=1S/C18H16N4O/c1-12(20-19)15-16(13-8-4-2-5-9-13)17(21-22-18(15)23)14-10-6-3-7-11-14/h2-11H,19H2,1H3,(H,22,23)/b20-12-. The summed E-state index contributed by atoms with van der Waals surface area (Å²) >= 11 is 0. The average molecular weight is 304 g/mol. The smallest absolute Gasteiger partial charge is 0.274 e. The van der Waals surface area contributed by atoms with Crippen LogP contribution in [0.15, 0.2) is 70.6 Å². The third-order valence-corrected chi connectivity index (χ3v) is 3.65. The third kappa shape index (κ3) is 2.76. The Balaban J connectivity index is 2.41. The number of benzene rings is 2. The van der Waals surface area contributed by atoms with Crippen LogP contribution in [-0.4, -0.2) is 15.9 Å². The molecule has 0 amide bonds. The zero-order chi connectivity index (χ0) is 16.2. The maximum Gasteiger partial charge on any atom is 0.274 e. The highest BCUT2D eigenvalue weighted by Gasteiger charge is 2.19. The molecule has 0 radical (unpaired) electrons. The lowest BCUT2D eigenvalue weighted by molar-refractivity contribution is 0.990. The number of nitrogens with two attached hydrogens (primary N) is 1. The lowest BCUT2D eigenvalue weighted by atomic mass is 9.94. The molecule has 0 unspecified atom stereocenters. The van der Waals surface area contributed by atoms with Gasteiger partial charge in [-0.3, -0.25) is 4.79 Å². The Hall–Kier alpha value is -3.21. The van der Waals surface area contributed by atoms with Crippen molar-refractivity contribution < 1.29 is 0 Å². The van der Waals surface area contributed by atoms with E-state index >= 15 is 0 Å². The predicted molar refractivity (Wildman–Crippen MR) is 92.1 cm³/mol. The third-order valence-electron chi connectivity index (χ3n) is 3.65. The van der Waals surface area contributed by atoms with Crippen LogP contribution in [0.3, 0.4) is 0 Å². The summed E-state index contributed by atoms with van der Waals surface area (Å²) < 4.78 is 0. The lowest BCUT2D eigenvalue weighted by Crippen LogP contribution is -2.21. The van der Waals surface area contributed by atoms with Crippen molar-refractivity contribution in [3.8, 4) is 22.4 Å². The first-order chi connectivity index (χ1) is 11.2. The molecule has 2 aromatic carbocycles. The minimum absolute atomic E-state index is 0.310. The molecule has 0 aliphatic rings. The van der Waals surface area contributed by atoms with E-state index in [1.54, 1.807) is 6.92 Å². The van der Waals surface area contributed by atoms with Gasteiger partial charge >= 0.3 is 0 Å². The minimum Gasteiger partial charge on any atom is -0.323 e. The summed E-state index contributed by atoms with van der Waals surface area (Å²) in [6, 6.07) is 19.3. The molecular weight excluding hydrogens is 288 g/mol. The van der Waals surface area contributed by atoms with E-state index in [0.29, 0.717) is 17.0 Å². The SMILES string of the molecule is C/C(=N/N)c1c(-c2ccccc2)c(-c2ccccc2)n[nH]c1=O. The fourth-order valence-electron chi connectivity index (χ4n) is 2.55. The first-order valence-electron chi connectivity index (χ1n) is 7.20. The van der Waals surface area contributed by atoms with Gasteiger partial charge in [-0.15, -0.1) is 0 Å². The molecule has 23 heavy (non-hydrogen) atoms. The van der Waals surface area contributed by atoms with Gasteiger partial charge in [-0.2, -0.15) is 10.2 Å². The van der Waals surface area contributed by atoms with Crippen LogP contribution in [0, 0.1) is 0 Å². The van der Waals surface area contributed by atoms with Crippen molar-refractivity contribution in [2.75, 3.05) is 0 Å². The van der Waals surface area contributed by atoms with E-state index in [2.05, 4.69) is 15.3 Å². The Morgan fingerprint density at radius 2 is 1.57 bits per heavy atom. The summed E-state index contributed by atoms with van der Waals surface area (Å²) in [5.74, 6) is 5.42. The molecule has 0 aliphatic carbocycles. The van der Waals surface area contributed by atoms with Gasteiger partial charge in [0.2, 0.25) is 0 Å². The van der Waals surface area contributed by atoms with Crippen LogP contribution < -0.4 is 11.4 Å². The maximum absolute atomic E-state index is 12.3. The molecule has 0 bridgehead atoms. The van der Waals surface area contributed by atoms with Gasteiger partial charge in [0.25, 0.3) is 5.56 Å². The maximum atomic E-state index is 12.3. The van der Waals surface area contributed by atoms with E-state index in [-0.39, 0.29) is 5.56 Å². The summed E-state index contributed by atoms with van der Waals surface area (Å²) in [6.07, 6.45) is 0. The number of hydrogen-bond donors (Lipinski definition) is 2. The number of aromatic amines is 1. The number of rotatable bonds is 3. The Bertz CT molecular complexity index is 899. The van der Waals surface area contributed by atoms with Crippen molar-refractivity contribution in [2.24, 2.45) is 10.9 Å². The molecule has 114 valence electrons. The van der Waals surface area contributed by atoms with Gasteiger partial charge in [0.1, 0.15) is 0 Å². The van der Waals surface area contributed by atoms with Gasteiger partial charge in [-0.1, -0.05) is 60.7 Å². The number of hydrogen-bond acceptors (Lipinski definition) is 4. The fraction of sp³-hybridized carbons (Fsp3) is 0.0556. The van der Waals surface area contributed by atoms with Crippen molar-refractivity contribution in [1.82, 2.24) is 10.2 Å². The van der Waals surface area contributed by atoms with E-state index in [4.69, 9.17) is 5.84 Å². The highest BCUT2D eigenvalue weighted by Crippen LogP contribution is 2.31. The van der Waals surface area contributed by atoms with E-state index in [0.717, 1.165) is 16.7 Å². The summed E-state index contributed by atoms with van der Waals surface area (Å²) in [6.45, 7) is 1.71. The van der Waals surface area contributed by atoms with Crippen molar-refractivity contribution in [3.05, 3.63) is 76.6 Å². The van der Waals surface area contributed by atoms with Crippen LogP contribution in [0.1, 0.15) is 12.5 Å². The zero-order valence-electron chi connectivity index (χ0n) is 12.7. The normalized spacial score (nSPS) is 11.4. The number of aromatic nitrogens is 2. The average Bonchev–Trinajstić information content (AvgIpc) is 2.62. The molecule has 3 aromatic rings.